The molecule has 1 fully saturated rings. The number of hydrogen-bond donors (Lipinski definition) is 0. The number of ether oxygens (including phenoxy) is 2. The third-order valence-electron chi connectivity index (χ3n) is 2.94. The third-order valence-corrected chi connectivity index (χ3v) is 2.94. The van der Waals surface area contributed by atoms with Crippen LogP contribution in [-0.2, 0) is 4.74 Å². The van der Waals surface area contributed by atoms with Crippen molar-refractivity contribution >= 4 is 5.69 Å². The fraction of sp³-hybridized carbons (Fsp3) is 0.600. The molecule has 0 radical (unpaired) electrons. The van der Waals surface area contributed by atoms with Crippen molar-refractivity contribution in [1.29, 1.82) is 0 Å². The Balaban J connectivity index is 2.14. The van der Waals surface area contributed by atoms with Crippen LogP contribution in [0.5, 0.6) is 5.75 Å². The molecule has 18 heavy (non-hydrogen) atoms. The smallest absolute Gasteiger partial charge is 0.120 e. The quantitative estimate of drug-likeness (QED) is 0.804. The van der Waals surface area contributed by atoms with Gasteiger partial charge in [0.25, 0.3) is 0 Å². The van der Waals surface area contributed by atoms with Crippen LogP contribution in [0.4, 0.5) is 5.69 Å². The van der Waals surface area contributed by atoms with E-state index in [0.717, 1.165) is 32.1 Å². The van der Waals surface area contributed by atoms with E-state index in [9.17, 15) is 0 Å². The van der Waals surface area contributed by atoms with Gasteiger partial charge in [0.2, 0.25) is 0 Å². The second-order valence-electron chi connectivity index (χ2n) is 5.76. The summed E-state index contributed by atoms with van der Waals surface area (Å²) in [7, 11) is 0. The summed E-state index contributed by atoms with van der Waals surface area (Å²) >= 11 is 0. The number of rotatable bonds is 2. The molecule has 1 heterocycles. The zero-order valence-corrected chi connectivity index (χ0v) is 11.8. The minimum Gasteiger partial charge on any atom is -0.488 e. The lowest BCUT2D eigenvalue weighted by Crippen LogP contribution is -2.36. The predicted molar refractivity (Wildman–Crippen MR) is 74.6 cm³/mol. The predicted octanol–water partition coefficient (Wildman–Crippen LogP) is 3.01. The van der Waals surface area contributed by atoms with Crippen LogP contribution in [0.1, 0.15) is 26.3 Å². The number of hydrogen-bond acceptors (Lipinski definition) is 3. The molecule has 0 unspecified atom stereocenters. The van der Waals surface area contributed by atoms with Gasteiger partial charge in [0, 0.05) is 18.8 Å². The number of anilines is 1. The standard InChI is InChI=1S/C15H23NO2/c1-12-11-13(18-15(2,3)4)5-6-14(12)16-7-9-17-10-8-16/h5-6,11H,7-10H2,1-4H3. The Morgan fingerprint density at radius 3 is 2.39 bits per heavy atom. The summed E-state index contributed by atoms with van der Waals surface area (Å²) < 4.78 is 11.3. The van der Waals surface area contributed by atoms with Crippen molar-refractivity contribution in [2.75, 3.05) is 31.2 Å². The van der Waals surface area contributed by atoms with Gasteiger partial charge in [0.15, 0.2) is 0 Å². The van der Waals surface area contributed by atoms with Crippen LogP contribution in [-0.4, -0.2) is 31.9 Å². The first-order valence-corrected chi connectivity index (χ1v) is 6.58. The van der Waals surface area contributed by atoms with Gasteiger partial charge >= 0.3 is 0 Å². The molecule has 0 aliphatic carbocycles. The summed E-state index contributed by atoms with van der Waals surface area (Å²) in [6.45, 7) is 11.9. The Labute approximate surface area is 110 Å². The molecule has 3 nitrogen and oxygen atoms in total. The van der Waals surface area contributed by atoms with Gasteiger partial charge in [-0.3, -0.25) is 0 Å². The van der Waals surface area contributed by atoms with Crippen LogP contribution >= 0.6 is 0 Å². The Morgan fingerprint density at radius 1 is 1.17 bits per heavy atom. The molecule has 2 rings (SSSR count). The van der Waals surface area contributed by atoms with Crippen LogP contribution in [0, 0.1) is 6.92 Å². The fourth-order valence-electron chi connectivity index (χ4n) is 2.20. The van der Waals surface area contributed by atoms with E-state index in [-0.39, 0.29) is 5.60 Å². The summed E-state index contributed by atoms with van der Waals surface area (Å²) in [6.07, 6.45) is 0. The Bertz CT molecular complexity index is 403. The van der Waals surface area contributed by atoms with Gasteiger partial charge in [-0.05, 0) is 51.5 Å². The average Bonchev–Trinajstić information content (AvgIpc) is 2.28. The third kappa shape index (κ3) is 3.39. The summed E-state index contributed by atoms with van der Waals surface area (Å²) in [5, 5.41) is 0. The van der Waals surface area contributed by atoms with Gasteiger partial charge in [0.1, 0.15) is 11.4 Å². The van der Waals surface area contributed by atoms with E-state index in [1.165, 1.54) is 11.3 Å². The molecule has 100 valence electrons. The average molecular weight is 249 g/mol. The molecule has 3 heteroatoms. The molecular weight excluding hydrogens is 226 g/mol. The van der Waals surface area contributed by atoms with Gasteiger partial charge in [-0.2, -0.15) is 0 Å². The molecule has 0 amide bonds. The normalized spacial score (nSPS) is 16.8. The highest BCUT2D eigenvalue weighted by Gasteiger charge is 2.15. The molecule has 1 aromatic rings. The van der Waals surface area contributed by atoms with E-state index in [2.05, 4.69) is 50.8 Å². The fourth-order valence-corrected chi connectivity index (χ4v) is 2.20. The minimum absolute atomic E-state index is 0.146. The van der Waals surface area contributed by atoms with Crippen LogP contribution in [0.15, 0.2) is 18.2 Å². The number of benzene rings is 1. The first-order chi connectivity index (χ1) is 8.46. The SMILES string of the molecule is Cc1cc(OC(C)(C)C)ccc1N1CCOCC1. The Morgan fingerprint density at radius 2 is 1.83 bits per heavy atom. The van der Waals surface area contributed by atoms with Gasteiger partial charge in [0.05, 0.1) is 13.2 Å². The van der Waals surface area contributed by atoms with Crippen LogP contribution < -0.4 is 9.64 Å². The zero-order chi connectivity index (χ0) is 13.2. The van der Waals surface area contributed by atoms with Crippen molar-refractivity contribution in [1.82, 2.24) is 0 Å². The van der Waals surface area contributed by atoms with Gasteiger partial charge < -0.3 is 14.4 Å². The van der Waals surface area contributed by atoms with E-state index in [4.69, 9.17) is 9.47 Å². The zero-order valence-electron chi connectivity index (χ0n) is 11.8. The Kier molecular flexibility index (Phi) is 3.81. The molecule has 1 aromatic carbocycles. The number of morpholine rings is 1. The summed E-state index contributed by atoms with van der Waals surface area (Å²) in [4.78, 5) is 2.37. The van der Waals surface area contributed by atoms with Crippen molar-refractivity contribution in [3.63, 3.8) is 0 Å². The second-order valence-corrected chi connectivity index (χ2v) is 5.76. The molecule has 1 saturated heterocycles. The van der Waals surface area contributed by atoms with E-state index < -0.39 is 0 Å². The molecule has 0 saturated carbocycles. The largest absolute Gasteiger partial charge is 0.488 e. The lowest BCUT2D eigenvalue weighted by molar-refractivity contribution is 0.122. The van der Waals surface area contributed by atoms with E-state index in [0.29, 0.717) is 0 Å². The molecule has 1 aliphatic rings. The summed E-state index contributed by atoms with van der Waals surface area (Å²) in [5.41, 5.74) is 2.41. The monoisotopic (exact) mass is 249 g/mol. The molecule has 0 spiro atoms. The van der Waals surface area contributed by atoms with Crippen molar-refractivity contribution < 1.29 is 9.47 Å². The lowest BCUT2D eigenvalue weighted by atomic mass is 10.1. The molecule has 0 bridgehead atoms. The van der Waals surface area contributed by atoms with Crippen LogP contribution in [0.3, 0.4) is 0 Å². The molecule has 0 atom stereocenters. The van der Waals surface area contributed by atoms with E-state index in [1.807, 2.05) is 0 Å². The maximum Gasteiger partial charge on any atom is 0.120 e. The highest BCUT2D eigenvalue weighted by Crippen LogP contribution is 2.27. The molecule has 0 aromatic heterocycles. The lowest BCUT2D eigenvalue weighted by Gasteiger charge is -2.30. The maximum absolute atomic E-state index is 5.88. The van der Waals surface area contributed by atoms with Crippen LogP contribution in [0.2, 0.25) is 0 Å². The molecule has 0 N–H and O–H groups in total. The summed E-state index contributed by atoms with van der Waals surface area (Å²) in [5.74, 6) is 0.942. The first-order valence-electron chi connectivity index (χ1n) is 6.58. The Hall–Kier alpha value is -1.22. The van der Waals surface area contributed by atoms with Crippen molar-refractivity contribution in [2.24, 2.45) is 0 Å². The maximum atomic E-state index is 5.88. The molecular formula is C15H23NO2. The van der Waals surface area contributed by atoms with Gasteiger partial charge in [-0.15, -0.1) is 0 Å². The van der Waals surface area contributed by atoms with Gasteiger partial charge in [-0.25, -0.2) is 0 Å². The highest BCUT2D eigenvalue weighted by molar-refractivity contribution is 5.56. The van der Waals surface area contributed by atoms with Gasteiger partial charge in [-0.1, -0.05) is 0 Å². The topological polar surface area (TPSA) is 21.7 Å². The number of nitrogens with zero attached hydrogens (tertiary/aromatic N) is 1. The van der Waals surface area contributed by atoms with E-state index in [1.54, 1.807) is 0 Å². The minimum atomic E-state index is -0.146. The molecule has 1 aliphatic heterocycles. The van der Waals surface area contributed by atoms with Crippen molar-refractivity contribution in [2.45, 2.75) is 33.3 Å². The van der Waals surface area contributed by atoms with Crippen molar-refractivity contribution in [3.8, 4) is 5.75 Å². The van der Waals surface area contributed by atoms with Crippen LogP contribution in [0.25, 0.3) is 0 Å². The van der Waals surface area contributed by atoms with Crippen molar-refractivity contribution in [3.05, 3.63) is 23.8 Å². The number of aryl methyl sites for hydroxylation is 1. The summed E-state index contributed by atoms with van der Waals surface area (Å²) in [6, 6.07) is 6.33. The first kappa shape index (κ1) is 13.2. The van der Waals surface area contributed by atoms with E-state index >= 15 is 0 Å². The second kappa shape index (κ2) is 5.19. The highest BCUT2D eigenvalue weighted by atomic mass is 16.5.